The van der Waals surface area contributed by atoms with Gasteiger partial charge in [-0.2, -0.15) is 0 Å². The standard InChI is InChI=1S/C13H15ClO4/c1-17-10-5-3-9(4-6-10)7-11(14)12(15)8-13(16)18-2/h3-7,12,15H,8H2,1-2H3/b11-7-. The third-order valence-electron chi connectivity index (χ3n) is 2.33. The lowest BCUT2D eigenvalue weighted by atomic mass is 10.1. The van der Waals surface area contributed by atoms with E-state index in [1.54, 1.807) is 37.5 Å². The summed E-state index contributed by atoms with van der Waals surface area (Å²) in [5.41, 5.74) is 0.810. The Bertz CT molecular complexity index is 425. The van der Waals surface area contributed by atoms with Gasteiger partial charge in [0.25, 0.3) is 0 Å². The van der Waals surface area contributed by atoms with Crippen molar-refractivity contribution in [3.05, 3.63) is 34.9 Å². The van der Waals surface area contributed by atoms with E-state index in [4.69, 9.17) is 16.3 Å². The largest absolute Gasteiger partial charge is 0.497 e. The number of benzene rings is 1. The highest BCUT2D eigenvalue weighted by Gasteiger charge is 2.14. The van der Waals surface area contributed by atoms with Gasteiger partial charge in [-0.3, -0.25) is 4.79 Å². The van der Waals surface area contributed by atoms with Gasteiger partial charge in [-0.25, -0.2) is 0 Å². The number of hydrogen-bond donors (Lipinski definition) is 1. The fraction of sp³-hybridized carbons (Fsp3) is 0.308. The van der Waals surface area contributed by atoms with Gasteiger partial charge in [0.05, 0.1) is 26.7 Å². The summed E-state index contributed by atoms with van der Waals surface area (Å²) in [4.78, 5) is 11.0. The third-order valence-corrected chi connectivity index (χ3v) is 2.69. The number of hydrogen-bond acceptors (Lipinski definition) is 4. The highest BCUT2D eigenvalue weighted by molar-refractivity contribution is 6.32. The van der Waals surface area contributed by atoms with Crippen LogP contribution in [0.1, 0.15) is 12.0 Å². The minimum absolute atomic E-state index is 0.165. The Kier molecular flexibility index (Phi) is 5.68. The molecular formula is C13H15ClO4. The van der Waals surface area contributed by atoms with Gasteiger partial charge >= 0.3 is 5.97 Å². The second-order valence-corrected chi connectivity index (χ2v) is 4.03. The lowest BCUT2D eigenvalue weighted by Crippen LogP contribution is -2.14. The van der Waals surface area contributed by atoms with Crippen LogP contribution in [0.4, 0.5) is 0 Å². The number of aliphatic hydroxyl groups is 1. The zero-order valence-corrected chi connectivity index (χ0v) is 11.0. The van der Waals surface area contributed by atoms with Crippen LogP contribution >= 0.6 is 11.6 Å². The molecule has 4 nitrogen and oxygen atoms in total. The van der Waals surface area contributed by atoms with E-state index < -0.39 is 12.1 Å². The molecule has 0 saturated heterocycles. The van der Waals surface area contributed by atoms with Crippen molar-refractivity contribution in [3.8, 4) is 5.75 Å². The van der Waals surface area contributed by atoms with Crippen molar-refractivity contribution in [2.24, 2.45) is 0 Å². The van der Waals surface area contributed by atoms with E-state index in [2.05, 4.69) is 4.74 Å². The summed E-state index contributed by atoms with van der Waals surface area (Å²) in [7, 11) is 2.84. The lowest BCUT2D eigenvalue weighted by molar-refractivity contribution is -0.142. The maximum Gasteiger partial charge on any atom is 0.308 e. The molecule has 0 heterocycles. The number of rotatable bonds is 5. The number of esters is 1. The first kappa shape index (κ1) is 14.5. The van der Waals surface area contributed by atoms with Gasteiger partial charge in [-0.15, -0.1) is 0 Å². The molecule has 0 aliphatic rings. The maximum absolute atomic E-state index is 11.0. The molecule has 18 heavy (non-hydrogen) atoms. The van der Waals surface area contributed by atoms with E-state index in [9.17, 15) is 9.90 Å². The molecule has 1 rings (SSSR count). The van der Waals surface area contributed by atoms with Gasteiger partial charge in [-0.05, 0) is 23.8 Å². The molecule has 0 aliphatic carbocycles. The quantitative estimate of drug-likeness (QED) is 0.834. The first-order chi connectivity index (χ1) is 8.56. The molecule has 1 N–H and O–H groups in total. The molecule has 98 valence electrons. The van der Waals surface area contributed by atoms with Crippen LogP contribution in [0.3, 0.4) is 0 Å². The molecule has 5 heteroatoms. The Morgan fingerprint density at radius 1 is 1.39 bits per heavy atom. The molecule has 0 radical (unpaired) electrons. The fourth-order valence-electron chi connectivity index (χ4n) is 1.29. The van der Waals surface area contributed by atoms with Gasteiger partial charge in [0, 0.05) is 5.03 Å². The molecule has 0 saturated carbocycles. The summed E-state index contributed by atoms with van der Waals surface area (Å²) < 4.78 is 9.47. The summed E-state index contributed by atoms with van der Waals surface area (Å²) in [6, 6.07) is 7.16. The smallest absolute Gasteiger partial charge is 0.308 e. The van der Waals surface area contributed by atoms with Crippen LogP contribution in [-0.4, -0.2) is 31.4 Å². The van der Waals surface area contributed by atoms with Gasteiger partial charge < -0.3 is 14.6 Å². The van der Waals surface area contributed by atoms with Crippen molar-refractivity contribution < 1.29 is 19.4 Å². The van der Waals surface area contributed by atoms with Crippen LogP contribution < -0.4 is 4.74 Å². The van der Waals surface area contributed by atoms with Crippen molar-refractivity contribution in [2.45, 2.75) is 12.5 Å². The van der Waals surface area contributed by atoms with E-state index in [1.165, 1.54) is 7.11 Å². The SMILES string of the molecule is COC(=O)CC(O)/C(Cl)=C/c1ccc(OC)cc1. The zero-order valence-electron chi connectivity index (χ0n) is 10.2. The van der Waals surface area contributed by atoms with Gasteiger partial charge in [0.15, 0.2) is 0 Å². The minimum Gasteiger partial charge on any atom is -0.497 e. The van der Waals surface area contributed by atoms with Crippen molar-refractivity contribution >= 4 is 23.6 Å². The predicted molar refractivity (Wildman–Crippen MR) is 69.5 cm³/mol. The molecule has 0 aromatic heterocycles. The maximum atomic E-state index is 11.0. The fourth-order valence-corrected chi connectivity index (χ4v) is 1.50. The Morgan fingerprint density at radius 3 is 2.50 bits per heavy atom. The second-order valence-electron chi connectivity index (χ2n) is 3.60. The topological polar surface area (TPSA) is 55.8 Å². The summed E-state index contributed by atoms with van der Waals surface area (Å²) in [5.74, 6) is 0.224. The minimum atomic E-state index is -1.05. The highest BCUT2D eigenvalue weighted by atomic mass is 35.5. The molecule has 1 aromatic carbocycles. The molecule has 1 aromatic rings. The Hall–Kier alpha value is -1.52. The first-order valence-corrected chi connectivity index (χ1v) is 5.70. The molecule has 0 bridgehead atoms. The number of carbonyl (C=O) groups excluding carboxylic acids is 1. The van der Waals surface area contributed by atoms with E-state index in [-0.39, 0.29) is 11.5 Å². The van der Waals surface area contributed by atoms with Crippen molar-refractivity contribution in [1.29, 1.82) is 0 Å². The van der Waals surface area contributed by atoms with Crippen LogP contribution in [0.15, 0.2) is 29.3 Å². The monoisotopic (exact) mass is 270 g/mol. The van der Waals surface area contributed by atoms with Gasteiger partial charge in [0.2, 0.25) is 0 Å². The highest BCUT2D eigenvalue weighted by Crippen LogP contribution is 2.19. The van der Waals surface area contributed by atoms with Crippen LogP contribution in [0.25, 0.3) is 6.08 Å². The normalized spacial score (nSPS) is 13.0. The van der Waals surface area contributed by atoms with Crippen LogP contribution in [-0.2, 0) is 9.53 Å². The molecule has 0 aliphatic heterocycles. The number of methoxy groups -OCH3 is 2. The molecule has 0 spiro atoms. The summed E-state index contributed by atoms with van der Waals surface area (Å²) in [6.45, 7) is 0. The van der Waals surface area contributed by atoms with E-state index in [0.29, 0.717) is 0 Å². The Balaban J connectivity index is 2.71. The van der Waals surface area contributed by atoms with Crippen LogP contribution in [0.5, 0.6) is 5.75 Å². The Morgan fingerprint density at radius 2 is 2.00 bits per heavy atom. The van der Waals surface area contributed by atoms with Crippen molar-refractivity contribution in [2.75, 3.05) is 14.2 Å². The predicted octanol–water partition coefficient (Wildman–Crippen LogP) is 2.20. The van der Waals surface area contributed by atoms with E-state index in [1.807, 2.05) is 0 Å². The van der Waals surface area contributed by atoms with Gasteiger partial charge in [-0.1, -0.05) is 23.7 Å². The van der Waals surface area contributed by atoms with Crippen LogP contribution in [0.2, 0.25) is 0 Å². The number of carbonyl (C=O) groups is 1. The second kappa shape index (κ2) is 7.03. The number of ether oxygens (including phenoxy) is 2. The average molecular weight is 271 g/mol. The third kappa shape index (κ3) is 4.39. The lowest BCUT2D eigenvalue weighted by Gasteiger charge is -2.08. The zero-order chi connectivity index (χ0) is 13.5. The molecular weight excluding hydrogens is 256 g/mol. The summed E-state index contributed by atoms with van der Waals surface area (Å²) in [5, 5.41) is 9.84. The Labute approximate surface area is 111 Å². The van der Waals surface area contributed by atoms with E-state index in [0.717, 1.165) is 11.3 Å². The van der Waals surface area contributed by atoms with Gasteiger partial charge in [0.1, 0.15) is 5.75 Å². The molecule has 0 amide bonds. The number of halogens is 1. The van der Waals surface area contributed by atoms with Crippen molar-refractivity contribution in [3.63, 3.8) is 0 Å². The summed E-state index contributed by atoms with van der Waals surface area (Å²) in [6.07, 6.45) is 0.373. The first-order valence-electron chi connectivity index (χ1n) is 5.33. The summed E-state index contributed by atoms with van der Waals surface area (Å²) >= 11 is 5.91. The molecule has 1 unspecified atom stereocenters. The van der Waals surface area contributed by atoms with E-state index >= 15 is 0 Å². The van der Waals surface area contributed by atoms with Crippen LogP contribution in [0, 0.1) is 0 Å². The molecule has 1 atom stereocenters. The molecule has 0 fully saturated rings. The number of aliphatic hydroxyl groups excluding tert-OH is 1. The average Bonchev–Trinajstić information content (AvgIpc) is 2.39. The van der Waals surface area contributed by atoms with Crippen molar-refractivity contribution in [1.82, 2.24) is 0 Å².